The van der Waals surface area contributed by atoms with E-state index in [-0.39, 0.29) is 23.3 Å². The first-order valence-electron chi connectivity index (χ1n) is 8.87. The number of carbonyl (C=O) groups excluding carboxylic acids is 2. The van der Waals surface area contributed by atoms with E-state index in [1.807, 2.05) is 5.38 Å². The van der Waals surface area contributed by atoms with Crippen LogP contribution in [0.5, 0.6) is 0 Å². The molecular weight excluding hydrogens is 372 g/mol. The summed E-state index contributed by atoms with van der Waals surface area (Å²) in [5, 5.41) is 5.69. The van der Waals surface area contributed by atoms with Gasteiger partial charge in [0, 0.05) is 49.8 Å². The third-order valence-electron chi connectivity index (χ3n) is 4.55. The van der Waals surface area contributed by atoms with E-state index >= 15 is 0 Å². The van der Waals surface area contributed by atoms with Crippen LogP contribution >= 0.6 is 11.3 Å². The summed E-state index contributed by atoms with van der Waals surface area (Å²) in [7, 11) is 0. The number of thiazole rings is 1. The molecule has 2 heterocycles. The molecule has 1 fully saturated rings. The quantitative estimate of drug-likeness (QED) is 0.849. The Bertz CT molecular complexity index is 840. The minimum atomic E-state index is -1.02. The number of hydrogen-bond acceptors (Lipinski definition) is 4. The van der Waals surface area contributed by atoms with Gasteiger partial charge in [-0.2, -0.15) is 0 Å². The van der Waals surface area contributed by atoms with Crippen LogP contribution in [0.3, 0.4) is 0 Å². The van der Waals surface area contributed by atoms with Crippen LogP contribution in [0.15, 0.2) is 23.6 Å². The van der Waals surface area contributed by atoms with Crippen molar-refractivity contribution in [3.05, 3.63) is 51.5 Å². The predicted molar refractivity (Wildman–Crippen MR) is 98.7 cm³/mol. The van der Waals surface area contributed by atoms with Crippen molar-refractivity contribution in [1.82, 2.24) is 15.2 Å². The molecule has 0 spiro atoms. The average Bonchev–Trinajstić information content (AvgIpc) is 3.12. The Labute approximate surface area is 160 Å². The average molecular weight is 393 g/mol. The summed E-state index contributed by atoms with van der Waals surface area (Å²) in [6.07, 6.45) is 2.43. The van der Waals surface area contributed by atoms with E-state index < -0.39 is 11.6 Å². The summed E-state index contributed by atoms with van der Waals surface area (Å²) in [4.78, 5) is 29.9. The lowest BCUT2D eigenvalue weighted by Gasteiger charge is -2.32. The van der Waals surface area contributed by atoms with Gasteiger partial charge in [0.1, 0.15) is 0 Å². The molecule has 1 aromatic carbocycles. The third kappa shape index (κ3) is 4.88. The third-order valence-corrected chi connectivity index (χ3v) is 5.61. The van der Waals surface area contributed by atoms with E-state index in [4.69, 9.17) is 0 Å². The van der Waals surface area contributed by atoms with Gasteiger partial charge in [0.15, 0.2) is 11.6 Å². The van der Waals surface area contributed by atoms with Gasteiger partial charge < -0.3 is 10.2 Å². The Morgan fingerprint density at radius 2 is 2.15 bits per heavy atom. The van der Waals surface area contributed by atoms with Gasteiger partial charge in [-0.1, -0.05) is 0 Å². The van der Waals surface area contributed by atoms with Crippen molar-refractivity contribution in [2.75, 3.05) is 19.6 Å². The molecule has 3 rings (SSSR count). The Kier molecular flexibility index (Phi) is 6.15. The lowest BCUT2D eigenvalue weighted by atomic mass is 9.98. The van der Waals surface area contributed by atoms with Gasteiger partial charge in [-0.05, 0) is 31.0 Å². The first-order valence-corrected chi connectivity index (χ1v) is 9.75. The molecule has 0 radical (unpaired) electrons. The second-order valence-corrected chi connectivity index (χ2v) is 7.52. The first-order chi connectivity index (χ1) is 12.9. The molecule has 1 unspecified atom stereocenters. The largest absolute Gasteiger partial charge is 0.356 e. The number of rotatable bonds is 5. The van der Waals surface area contributed by atoms with Crippen LogP contribution in [0, 0.1) is 11.6 Å². The van der Waals surface area contributed by atoms with Gasteiger partial charge >= 0.3 is 0 Å². The van der Waals surface area contributed by atoms with Crippen molar-refractivity contribution in [3.8, 4) is 0 Å². The van der Waals surface area contributed by atoms with Crippen LogP contribution in [0.4, 0.5) is 8.78 Å². The van der Waals surface area contributed by atoms with E-state index in [1.54, 1.807) is 16.2 Å². The summed E-state index contributed by atoms with van der Waals surface area (Å²) in [5.74, 6) is -2.20. The molecule has 1 aliphatic heterocycles. The van der Waals surface area contributed by atoms with E-state index in [0.29, 0.717) is 26.1 Å². The maximum Gasteiger partial charge on any atom is 0.253 e. The van der Waals surface area contributed by atoms with Crippen LogP contribution < -0.4 is 5.32 Å². The highest BCUT2D eigenvalue weighted by atomic mass is 32.1. The van der Waals surface area contributed by atoms with Crippen LogP contribution in [-0.2, 0) is 11.2 Å². The molecule has 0 bridgehead atoms. The molecule has 0 saturated carbocycles. The summed E-state index contributed by atoms with van der Waals surface area (Å²) in [5.41, 5.74) is 1.08. The highest BCUT2D eigenvalue weighted by Gasteiger charge is 2.27. The Morgan fingerprint density at radius 1 is 1.33 bits per heavy atom. The molecule has 1 saturated heterocycles. The lowest BCUT2D eigenvalue weighted by molar-refractivity contribution is -0.118. The van der Waals surface area contributed by atoms with Crippen molar-refractivity contribution in [2.45, 2.75) is 32.1 Å². The van der Waals surface area contributed by atoms with Crippen molar-refractivity contribution in [1.29, 1.82) is 0 Å². The van der Waals surface area contributed by atoms with Crippen molar-refractivity contribution >= 4 is 23.2 Å². The second kappa shape index (κ2) is 8.56. The number of halogens is 2. The summed E-state index contributed by atoms with van der Waals surface area (Å²) < 4.78 is 26.5. The van der Waals surface area contributed by atoms with Crippen LogP contribution in [0.2, 0.25) is 0 Å². The number of nitrogens with one attached hydrogen (secondary N) is 1. The van der Waals surface area contributed by atoms with Crippen molar-refractivity contribution < 1.29 is 18.4 Å². The zero-order valence-corrected chi connectivity index (χ0v) is 15.8. The molecule has 1 N–H and O–H groups in total. The molecule has 144 valence electrons. The molecule has 1 atom stereocenters. The fourth-order valence-corrected chi connectivity index (χ4v) is 4.15. The molecule has 2 aromatic rings. The Hall–Kier alpha value is -2.35. The smallest absolute Gasteiger partial charge is 0.253 e. The number of amides is 2. The van der Waals surface area contributed by atoms with Crippen LogP contribution in [0.25, 0.3) is 0 Å². The number of likely N-dealkylation sites (tertiary alicyclic amines) is 1. The van der Waals surface area contributed by atoms with Gasteiger partial charge in [-0.15, -0.1) is 11.3 Å². The van der Waals surface area contributed by atoms with Gasteiger partial charge in [-0.25, -0.2) is 13.8 Å². The lowest BCUT2D eigenvalue weighted by Crippen LogP contribution is -2.39. The molecular formula is C19H21F2N3O2S. The first kappa shape index (κ1) is 19.4. The fourth-order valence-electron chi connectivity index (χ4n) is 3.17. The highest BCUT2D eigenvalue weighted by Crippen LogP contribution is 2.30. The molecule has 27 heavy (non-hydrogen) atoms. The van der Waals surface area contributed by atoms with Crippen molar-refractivity contribution in [2.24, 2.45) is 0 Å². The maximum absolute atomic E-state index is 13.4. The summed E-state index contributed by atoms with van der Waals surface area (Å²) in [6, 6.07) is 3.24. The molecule has 1 aromatic heterocycles. The van der Waals surface area contributed by atoms with Crippen LogP contribution in [-0.4, -0.2) is 41.3 Å². The molecule has 1 aliphatic rings. The SMILES string of the molecule is CC(=O)NCCc1csc(C2CCCN(C(=O)c3ccc(F)c(F)c3)C2)n1. The zero-order valence-electron chi connectivity index (χ0n) is 15.0. The van der Waals surface area contributed by atoms with Crippen molar-refractivity contribution in [3.63, 3.8) is 0 Å². The summed E-state index contributed by atoms with van der Waals surface area (Å²) >= 11 is 1.56. The van der Waals surface area contributed by atoms with Gasteiger partial charge in [0.2, 0.25) is 5.91 Å². The molecule has 8 heteroatoms. The maximum atomic E-state index is 13.4. The Balaban J connectivity index is 1.63. The molecule has 0 aliphatic carbocycles. The zero-order chi connectivity index (χ0) is 19.4. The highest BCUT2D eigenvalue weighted by molar-refractivity contribution is 7.09. The minimum absolute atomic E-state index is 0.0656. The van der Waals surface area contributed by atoms with E-state index in [2.05, 4.69) is 10.3 Å². The number of piperidine rings is 1. The number of carbonyl (C=O) groups is 2. The number of aromatic nitrogens is 1. The van der Waals surface area contributed by atoms with Gasteiger partial charge in [-0.3, -0.25) is 9.59 Å². The van der Waals surface area contributed by atoms with Gasteiger partial charge in [0.05, 0.1) is 10.7 Å². The topological polar surface area (TPSA) is 62.3 Å². The normalized spacial score (nSPS) is 17.0. The van der Waals surface area contributed by atoms with Crippen LogP contribution in [0.1, 0.15) is 46.7 Å². The minimum Gasteiger partial charge on any atom is -0.356 e. The predicted octanol–water partition coefficient (Wildman–Crippen LogP) is 3.12. The number of hydrogen-bond donors (Lipinski definition) is 1. The van der Waals surface area contributed by atoms with E-state index in [9.17, 15) is 18.4 Å². The Morgan fingerprint density at radius 3 is 2.89 bits per heavy atom. The summed E-state index contributed by atoms with van der Waals surface area (Å²) in [6.45, 7) is 3.13. The van der Waals surface area contributed by atoms with E-state index in [1.165, 1.54) is 13.0 Å². The second-order valence-electron chi connectivity index (χ2n) is 6.63. The molecule has 2 amide bonds. The fraction of sp³-hybridized carbons (Fsp3) is 0.421. The van der Waals surface area contributed by atoms with E-state index in [0.717, 1.165) is 35.7 Å². The number of nitrogens with zero attached hydrogens (tertiary/aromatic N) is 2. The number of benzene rings is 1. The molecule has 5 nitrogen and oxygen atoms in total. The standard InChI is InChI=1S/C19H21F2N3O2S/c1-12(25)22-7-6-15-11-27-18(23-15)14-3-2-8-24(10-14)19(26)13-4-5-16(20)17(21)9-13/h4-5,9,11,14H,2-3,6-8,10H2,1H3,(H,22,25). The monoisotopic (exact) mass is 393 g/mol. The van der Waals surface area contributed by atoms with Gasteiger partial charge in [0.25, 0.3) is 5.91 Å².